The van der Waals surface area contributed by atoms with Gasteiger partial charge in [0.2, 0.25) is 0 Å². The quantitative estimate of drug-likeness (QED) is 0.867. The largest absolute Gasteiger partial charge is 0.397 e. The van der Waals surface area contributed by atoms with Gasteiger partial charge in [-0.15, -0.1) is 11.3 Å². The zero-order valence-corrected chi connectivity index (χ0v) is 13.3. The first-order chi connectivity index (χ1) is 9.41. The number of nitrogens with zero attached hydrogens (tertiary/aromatic N) is 1. The van der Waals surface area contributed by atoms with E-state index in [0.717, 1.165) is 4.88 Å². The fourth-order valence-electron chi connectivity index (χ4n) is 1.96. The number of carbonyl (C=O) groups excluding carboxylic acids is 1. The maximum absolute atomic E-state index is 12.5. The van der Waals surface area contributed by atoms with E-state index in [-0.39, 0.29) is 11.9 Å². The number of thiophene rings is 1. The van der Waals surface area contributed by atoms with Crippen LogP contribution in [0.4, 0.5) is 5.69 Å². The van der Waals surface area contributed by atoms with E-state index in [2.05, 4.69) is 19.1 Å². The average molecular weight is 309 g/mol. The average Bonchev–Trinajstić information content (AvgIpc) is 2.86. The predicted octanol–water partition coefficient (Wildman–Crippen LogP) is 4.13. The highest BCUT2D eigenvalue weighted by atomic mass is 35.5. The lowest BCUT2D eigenvalue weighted by molar-refractivity contribution is 0.0746. The lowest BCUT2D eigenvalue weighted by Gasteiger charge is -2.25. The molecule has 0 fully saturated rings. The molecular formula is C15H17ClN2OS. The number of halogens is 1. The Hall–Kier alpha value is -1.52. The summed E-state index contributed by atoms with van der Waals surface area (Å²) in [6.45, 7) is 4.06. The van der Waals surface area contributed by atoms with E-state index < -0.39 is 0 Å². The SMILES string of the molecule is Cc1ccc(C(C)N(C)C(=O)c2cccc(Cl)c2N)s1. The number of anilines is 1. The minimum atomic E-state index is -0.122. The van der Waals surface area contributed by atoms with Gasteiger partial charge in [-0.25, -0.2) is 0 Å². The zero-order valence-electron chi connectivity index (χ0n) is 11.7. The molecule has 1 unspecified atom stereocenters. The summed E-state index contributed by atoms with van der Waals surface area (Å²) in [6.07, 6.45) is 0. The maximum Gasteiger partial charge on any atom is 0.256 e. The van der Waals surface area contributed by atoms with Crippen molar-refractivity contribution in [1.82, 2.24) is 4.90 Å². The summed E-state index contributed by atoms with van der Waals surface area (Å²) in [7, 11) is 1.78. The van der Waals surface area contributed by atoms with E-state index in [1.165, 1.54) is 4.88 Å². The van der Waals surface area contributed by atoms with Crippen LogP contribution in [0.3, 0.4) is 0 Å². The molecule has 0 aliphatic carbocycles. The van der Waals surface area contributed by atoms with Crippen LogP contribution in [0, 0.1) is 6.92 Å². The van der Waals surface area contributed by atoms with Gasteiger partial charge in [0.1, 0.15) is 0 Å². The normalized spacial score (nSPS) is 12.2. The highest BCUT2D eigenvalue weighted by molar-refractivity contribution is 7.12. The Bertz CT molecular complexity index is 639. The highest BCUT2D eigenvalue weighted by Crippen LogP contribution is 2.29. The van der Waals surface area contributed by atoms with E-state index in [0.29, 0.717) is 16.3 Å². The molecule has 0 saturated heterocycles. The topological polar surface area (TPSA) is 46.3 Å². The van der Waals surface area contributed by atoms with Crippen LogP contribution in [0.25, 0.3) is 0 Å². The Morgan fingerprint density at radius 3 is 2.65 bits per heavy atom. The van der Waals surface area contributed by atoms with Gasteiger partial charge in [-0.05, 0) is 38.1 Å². The smallest absolute Gasteiger partial charge is 0.256 e. The fraction of sp³-hybridized carbons (Fsp3) is 0.267. The van der Waals surface area contributed by atoms with Crippen molar-refractivity contribution in [2.45, 2.75) is 19.9 Å². The monoisotopic (exact) mass is 308 g/mol. The minimum Gasteiger partial charge on any atom is -0.397 e. The van der Waals surface area contributed by atoms with Crippen LogP contribution in [0.15, 0.2) is 30.3 Å². The summed E-state index contributed by atoms with van der Waals surface area (Å²) >= 11 is 7.66. The molecule has 1 aromatic carbocycles. The molecule has 0 radical (unpaired) electrons. The number of para-hydroxylation sites is 1. The Balaban J connectivity index is 2.26. The van der Waals surface area contributed by atoms with Crippen molar-refractivity contribution >= 4 is 34.5 Å². The number of hydrogen-bond acceptors (Lipinski definition) is 3. The maximum atomic E-state index is 12.5. The Kier molecular flexibility index (Phi) is 4.35. The summed E-state index contributed by atoms with van der Waals surface area (Å²) in [5.41, 5.74) is 6.67. The van der Waals surface area contributed by atoms with E-state index in [1.807, 2.05) is 6.92 Å². The van der Waals surface area contributed by atoms with Crippen LogP contribution in [-0.2, 0) is 0 Å². The van der Waals surface area contributed by atoms with E-state index >= 15 is 0 Å². The standard InChI is InChI=1S/C15H17ClN2OS/c1-9-7-8-13(20-9)10(2)18(3)15(19)11-5-4-6-12(16)14(11)17/h4-8,10H,17H2,1-3H3. The van der Waals surface area contributed by atoms with Gasteiger partial charge in [0.15, 0.2) is 0 Å². The number of nitrogen functional groups attached to an aromatic ring is 1. The van der Waals surface area contributed by atoms with Gasteiger partial charge in [-0.3, -0.25) is 4.79 Å². The van der Waals surface area contributed by atoms with E-state index in [4.69, 9.17) is 17.3 Å². The van der Waals surface area contributed by atoms with Crippen LogP contribution >= 0.6 is 22.9 Å². The van der Waals surface area contributed by atoms with Crippen molar-refractivity contribution < 1.29 is 4.79 Å². The Labute approximate surface area is 128 Å². The van der Waals surface area contributed by atoms with Gasteiger partial charge in [0, 0.05) is 16.8 Å². The summed E-state index contributed by atoms with van der Waals surface area (Å²) in [5, 5.41) is 0.406. The van der Waals surface area contributed by atoms with Crippen LogP contribution < -0.4 is 5.73 Å². The zero-order chi connectivity index (χ0) is 14.9. The second-order valence-electron chi connectivity index (χ2n) is 4.74. The van der Waals surface area contributed by atoms with E-state index in [9.17, 15) is 4.79 Å². The van der Waals surface area contributed by atoms with Crippen LogP contribution in [0.1, 0.15) is 33.1 Å². The number of hydrogen-bond donors (Lipinski definition) is 1. The third-order valence-corrected chi connectivity index (χ3v) is 4.86. The summed E-state index contributed by atoms with van der Waals surface area (Å²) in [6, 6.07) is 9.23. The van der Waals surface area contributed by atoms with Crippen molar-refractivity contribution in [2.75, 3.05) is 12.8 Å². The molecule has 2 rings (SSSR count). The molecule has 0 bridgehead atoms. The second kappa shape index (κ2) is 5.85. The number of aryl methyl sites for hydroxylation is 1. The molecule has 0 aliphatic rings. The van der Waals surface area contributed by atoms with Crippen LogP contribution in [-0.4, -0.2) is 17.9 Å². The molecule has 2 aromatic rings. The van der Waals surface area contributed by atoms with Crippen molar-refractivity contribution in [2.24, 2.45) is 0 Å². The number of rotatable bonds is 3. The van der Waals surface area contributed by atoms with Crippen LogP contribution in [0.5, 0.6) is 0 Å². The molecule has 2 N–H and O–H groups in total. The van der Waals surface area contributed by atoms with Crippen molar-refractivity contribution in [1.29, 1.82) is 0 Å². The predicted molar refractivity (Wildman–Crippen MR) is 85.4 cm³/mol. The number of amides is 1. The van der Waals surface area contributed by atoms with Crippen molar-refractivity contribution in [3.63, 3.8) is 0 Å². The van der Waals surface area contributed by atoms with Gasteiger partial charge in [0.25, 0.3) is 5.91 Å². The number of benzene rings is 1. The first kappa shape index (κ1) is 14.9. The minimum absolute atomic E-state index is 0.000387. The van der Waals surface area contributed by atoms with Gasteiger partial charge in [-0.1, -0.05) is 17.7 Å². The lowest BCUT2D eigenvalue weighted by Crippen LogP contribution is -2.29. The molecule has 1 heterocycles. The fourth-order valence-corrected chi connectivity index (χ4v) is 3.11. The number of carbonyl (C=O) groups is 1. The molecule has 1 amide bonds. The van der Waals surface area contributed by atoms with Crippen molar-refractivity contribution in [3.05, 3.63) is 50.7 Å². The van der Waals surface area contributed by atoms with Crippen molar-refractivity contribution in [3.8, 4) is 0 Å². The molecule has 5 heteroatoms. The van der Waals surface area contributed by atoms with Gasteiger partial charge in [0.05, 0.1) is 22.3 Å². The molecule has 20 heavy (non-hydrogen) atoms. The number of nitrogens with two attached hydrogens (primary N) is 1. The second-order valence-corrected chi connectivity index (χ2v) is 6.47. The molecule has 0 aliphatic heterocycles. The van der Waals surface area contributed by atoms with Gasteiger partial charge >= 0.3 is 0 Å². The molecule has 1 atom stereocenters. The van der Waals surface area contributed by atoms with Gasteiger partial charge in [-0.2, -0.15) is 0 Å². The summed E-state index contributed by atoms with van der Waals surface area (Å²) in [5.74, 6) is -0.122. The van der Waals surface area contributed by atoms with Crippen LogP contribution in [0.2, 0.25) is 5.02 Å². The molecule has 3 nitrogen and oxygen atoms in total. The molecular weight excluding hydrogens is 292 g/mol. The highest BCUT2D eigenvalue weighted by Gasteiger charge is 2.22. The first-order valence-corrected chi connectivity index (χ1v) is 7.48. The van der Waals surface area contributed by atoms with E-state index in [1.54, 1.807) is 41.5 Å². The molecule has 0 spiro atoms. The third-order valence-electron chi connectivity index (χ3n) is 3.36. The molecule has 106 valence electrons. The Morgan fingerprint density at radius 1 is 1.35 bits per heavy atom. The summed E-state index contributed by atoms with van der Waals surface area (Å²) < 4.78 is 0. The van der Waals surface area contributed by atoms with Gasteiger partial charge < -0.3 is 10.6 Å². The lowest BCUT2D eigenvalue weighted by atomic mass is 10.1. The third kappa shape index (κ3) is 2.81. The first-order valence-electron chi connectivity index (χ1n) is 6.29. The Morgan fingerprint density at radius 2 is 2.05 bits per heavy atom. The molecule has 0 saturated carbocycles. The molecule has 1 aromatic heterocycles. The summed E-state index contributed by atoms with van der Waals surface area (Å²) in [4.78, 5) is 16.6.